The molecule has 3 atom stereocenters. The molecular formula is C15H22ClNS. The van der Waals surface area contributed by atoms with Gasteiger partial charge in [0.15, 0.2) is 0 Å². The molecule has 2 saturated carbocycles. The molecule has 2 aliphatic rings. The summed E-state index contributed by atoms with van der Waals surface area (Å²) in [5, 5.41) is 3.61. The first-order valence-electron chi connectivity index (χ1n) is 7.17. The minimum Gasteiger partial charge on any atom is -0.316 e. The highest BCUT2D eigenvalue weighted by molar-refractivity contribution is 7.16. The summed E-state index contributed by atoms with van der Waals surface area (Å²) in [6, 6.07) is 4.28. The molecule has 0 spiro atoms. The van der Waals surface area contributed by atoms with Crippen LogP contribution < -0.4 is 5.32 Å². The topological polar surface area (TPSA) is 12.0 Å². The number of halogens is 1. The van der Waals surface area contributed by atoms with Gasteiger partial charge in [0, 0.05) is 11.4 Å². The molecule has 3 heteroatoms. The van der Waals surface area contributed by atoms with Gasteiger partial charge in [0.1, 0.15) is 0 Å². The second-order valence-electron chi connectivity index (χ2n) is 6.11. The van der Waals surface area contributed by atoms with Gasteiger partial charge in [-0.2, -0.15) is 0 Å². The van der Waals surface area contributed by atoms with Crippen molar-refractivity contribution in [1.82, 2.24) is 5.32 Å². The average Bonchev–Trinajstić information content (AvgIpc) is 3.03. The highest BCUT2D eigenvalue weighted by Crippen LogP contribution is 2.57. The molecule has 2 fully saturated rings. The zero-order valence-electron chi connectivity index (χ0n) is 11.0. The summed E-state index contributed by atoms with van der Waals surface area (Å²) in [7, 11) is 0. The first kappa shape index (κ1) is 13.0. The first-order chi connectivity index (χ1) is 8.72. The summed E-state index contributed by atoms with van der Waals surface area (Å²) >= 11 is 7.85. The predicted molar refractivity (Wildman–Crippen MR) is 79.5 cm³/mol. The molecule has 1 N–H and O–H groups in total. The number of rotatable bonds is 5. The van der Waals surface area contributed by atoms with E-state index in [9.17, 15) is 0 Å². The van der Waals surface area contributed by atoms with Gasteiger partial charge in [0.2, 0.25) is 0 Å². The maximum absolute atomic E-state index is 6.08. The summed E-state index contributed by atoms with van der Waals surface area (Å²) in [4.78, 5) is 1.48. The number of hydrogen-bond donors (Lipinski definition) is 1. The molecule has 0 aliphatic heterocycles. The molecule has 2 aliphatic carbocycles. The number of hydrogen-bond acceptors (Lipinski definition) is 2. The van der Waals surface area contributed by atoms with E-state index in [1.807, 2.05) is 0 Å². The van der Waals surface area contributed by atoms with Gasteiger partial charge in [0.05, 0.1) is 4.34 Å². The zero-order chi connectivity index (χ0) is 12.6. The van der Waals surface area contributed by atoms with Gasteiger partial charge in [-0.25, -0.2) is 0 Å². The summed E-state index contributed by atoms with van der Waals surface area (Å²) in [6.07, 6.45) is 7.07. The molecule has 100 valence electrons. The molecule has 1 nitrogen and oxygen atoms in total. The van der Waals surface area contributed by atoms with Crippen LogP contribution in [0.15, 0.2) is 12.1 Å². The average molecular weight is 284 g/mol. The molecule has 1 aromatic rings. The number of thiophene rings is 1. The lowest BCUT2D eigenvalue weighted by molar-refractivity contribution is 0.158. The molecule has 18 heavy (non-hydrogen) atoms. The van der Waals surface area contributed by atoms with Crippen LogP contribution in [0.5, 0.6) is 0 Å². The van der Waals surface area contributed by atoms with Crippen LogP contribution in [-0.2, 0) is 6.42 Å². The summed E-state index contributed by atoms with van der Waals surface area (Å²) in [5.41, 5.74) is 0.521. The molecule has 1 aromatic heterocycles. The monoisotopic (exact) mass is 283 g/mol. The number of fused-ring (bicyclic) bond motifs is 2. The molecule has 0 saturated heterocycles. The highest BCUT2D eigenvalue weighted by Gasteiger charge is 2.50. The highest BCUT2D eigenvalue weighted by atomic mass is 35.5. The second kappa shape index (κ2) is 5.15. The van der Waals surface area contributed by atoms with Gasteiger partial charge in [-0.05, 0) is 61.6 Å². The van der Waals surface area contributed by atoms with Crippen LogP contribution in [0.4, 0.5) is 0 Å². The van der Waals surface area contributed by atoms with Gasteiger partial charge in [0.25, 0.3) is 0 Å². The summed E-state index contributed by atoms with van der Waals surface area (Å²) < 4.78 is 0.937. The van der Waals surface area contributed by atoms with E-state index >= 15 is 0 Å². The van der Waals surface area contributed by atoms with Crippen LogP contribution in [-0.4, -0.2) is 13.1 Å². The Morgan fingerprint density at radius 2 is 2.33 bits per heavy atom. The predicted octanol–water partition coefficient (Wildman–Crippen LogP) is 4.36. The van der Waals surface area contributed by atoms with E-state index < -0.39 is 0 Å². The van der Waals surface area contributed by atoms with E-state index in [2.05, 4.69) is 24.4 Å². The summed E-state index contributed by atoms with van der Waals surface area (Å²) in [5.74, 6) is 1.95. The van der Waals surface area contributed by atoms with E-state index in [-0.39, 0.29) is 0 Å². The fourth-order valence-electron chi connectivity index (χ4n) is 4.22. The smallest absolute Gasteiger partial charge is 0.0931 e. The van der Waals surface area contributed by atoms with Crippen molar-refractivity contribution < 1.29 is 0 Å². The van der Waals surface area contributed by atoms with E-state index in [0.717, 1.165) is 22.7 Å². The molecule has 2 bridgehead atoms. The lowest BCUT2D eigenvalue weighted by Gasteiger charge is -2.38. The maximum atomic E-state index is 6.08. The molecule has 3 unspecified atom stereocenters. The fourth-order valence-corrected chi connectivity index (χ4v) is 5.46. The van der Waals surface area contributed by atoms with Gasteiger partial charge in [-0.3, -0.25) is 0 Å². The van der Waals surface area contributed by atoms with E-state index in [4.69, 9.17) is 11.6 Å². The third-order valence-electron chi connectivity index (χ3n) is 4.98. The summed E-state index contributed by atoms with van der Waals surface area (Å²) in [6.45, 7) is 4.49. The lowest BCUT2D eigenvalue weighted by atomic mass is 9.70. The minimum atomic E-state index is 0.521. The van der Waals surface area contributed by atoms with Crippen LogP contribution in [0.1, 0.15) is 37.5 Å². The van der Waals surface area contributed by atoms with Crippen LogP contribution in [0, 0.1) is 17.3 Å². The molecule has 0 aromatic carbocycles. The largest absolute Gasteiger partial charge is 0.316 e. The molecule has 0 radical (unpaired) electrons. The van der Waals surface area contributed by atoms with Gasteiger partial charge in [-0.15, -0.1) is 11.3 Å². The molecule has 3 rings (SSSR count). The maximum Gasteiger partial charge on any atom is 0.0931 e. The third-order valence-corrected chi connectivity index (χ3v) is 6.22. The molecular weight excluding hydrogens is 262 g/mol. The Morgan fingerprint density at radius 3 is 2.89 bits per heavy atom. The first-order valence-corrected chi connectivity index (χ1v) is 8.36. The van der Waals surface area contributed by atoms with Crippen molar-refractivity contribution in [1.29, 1.82) is 0 Å². The Balaban J connectivity index is 1.77. The molecule has 0 amide bonds. The zero-order valence-corrected chi connectivity index (χ0v) is 12.6. The van der Waals surface area contributed by atoms with Crippen LogP contribution in [0.3, 0.4) is 0 Å². The van der Waals surface area contributed by atoms with Crippen molar-refractivity contribution in [3.05, 3.63) is 21.3 Å². The quantitative estimate of drug-likeness (QED) is 0.847. The Morgan fingerprint density at radius 1 is 1.44 bits per heavy atom. The third kappa shape index (κ3) is 2.35. The van der Waals surface area contributed by atoms with E-state index in [0.29, 0.717) is 5.41 Å². The van der Waals surface area contributed by atoms with E-state index in [1.54, 1.807) is 11.3 Å². The van der Waals surface area contributed by atoms with Gasteiger partial charge < -0.3 is 5.32 Å². The van der Waals surface area contributed by atoms with Crippen LogP contribution >= 0.6 is 22.9 Å². The molecule has 1 heterocycles. The van der Waals surface area contributed by atoms with Gasteiger partial charge in [-0.1, -0.05) is 24.9 Å². The standard InChI is InChI=1S/C15H22ClNS/c1-2-17-10-15(8-11-3-4-12(15)7-11)9-13-5-6-14(16)18-13/h5-6,11-12,17H,2-4,7-10H2,1H3. The SMILES string of the molecule is CCNCC1(Cc2ccc(Cl)s2)CC2CCC1C2. The normalized spacial score (nSPS) is 34.3. The van der Waals surface area contributed by atoms with Crippen molar-refractivity contribution in [3.8, 4) is 0 Å². The fraction of sp³-hybridized carbons (Fsp3) is 0.733. The Labute approximate surface area is 119 Å². The second-order valence-corrected chi connectivity index (χ2v) is 7.91. The van der Waals surface area contributed by atoms with Crippen LogP contribution in [0.25, 0.3) is 0 Å². The lowest BCUT2D eigenvalue weighted by Crippen LogP contribution is -2.40. The van der Waals surface area contributed by atoms with Crippen molar-refractivity contribution in [2.45, 2.75) is 39.0 Å². The number of nitrogens with one attached hydrogen (secondary N) is 1. The Bertz CT molecular complexity index is 416. The Kier molecular flexibility index (Phi) is 3.70. The van der Waals surface area contributed by atoms with Crippen molar-refractivity contribution in [2.24, 2.45) is 17.3 Å². The van der Waals surface area contributed by atoms with Crippen LogP contribution in [0.2, 0.25) is 4.34 Å². The van der Waals surface area contributed by atoms with Crippen molar-refractivity contribution in [3.63, 3.8) is 0 Å². The Hall–Kier alpha value is -0.0500. The van der Waals surface area contributed by atoms with Gasteiger partial charge >= 0.3 is 0 Å². The van der Waals surface area contributed by atoms with Crippen molar-refractivity contribution in [2.75, 3.05) is 13.1 Å². The van der Waals surface area contributed by atoms with Crippen molar-refractivity contribution >= 4 is 22.9 Å². The minimum absolute atomic E-state index is 0.521. The van der Waals surface area contributed by atoms with E-state index in [1.165, 1.54) is 43.5 Å².